The number of nitrogens with zero attached hydrogens (tertiary/aromatic N) is 1. The van der Waals surface area contributed by atoms with Gasteiger partial charge in [0.25, 0.3) is 10.0 Å². The maximum absolute atomic E-state index is 13.5. The molecule has 0 aliphatic rings. The highest BCUT2D eigenvalue weighted by atomic mass is 32.2. The molecule has 0 spiro atoms. The minimum absolute atomic E-state index is 0.00431. The van der Waals surface area contributed by atoms with Crippen LogP contribution in [0.3, 0.4) is 0 Å². The number of hydrogen-bond acceptors (Lipinski definition) is 4. The molecule has 10 heteroatoms. The number of rotatable bonds is 5. The van der Waals surface area contributed by atoms with E-state index < -0.39 is 28.6 Å². The van der Waals surface area contributed by atoms with Gasteiger partial charge in [-0.2, -0.15) is 13.2 Å². The number of anilines is 1. The number of sulfonamides is 1. The summed E-state index contributed by atoms with van der Waals surface area (Å²) in [4.78, 5) is 3.28. The molecule has 1 aromatic carbocycles. The molecule has 0 unspecified atom stereocenters. The van der Waals surface area contributed by atoms with E-state index in [1.807, 2.05) is 0 Å². The maximum atomic E-state index is 13.5. The Bertz CT molecular complexity index is 821. The molecule has 1 aromatic heterocycles. The monoisotopic (exact) mass is 364 g/mol. The highest BCUT2D eigenvalue weighted by Gasteiger charge is 2.28. The van der Waals surface area contributed by atoms with Gasteiger partial charge in [-0.05, 0) is 30.7 Å². The number of benzene rings is 1. The van der Waals surface area contributed by atoms with Crippen LogP contribution in [0.15, 0.2) is 41.4 Å². The van der Waals surface area contributed by atoms with Crippen LogP contribution in [0.1, 0.15) is 5.56 Å². The molecule has 0 fully saturated rings. The lowest BCUT2D eigenvalue weighted by Gasteiger charge is -2.10. The Kier molecular flexibility index (Phi) is 4.97. The van der Waals surface area contributed by atoms with Gasteiger partial charge >= 0.3 is 6.18 Å². The number of alkyl halides is 3. The van der Waals surface area contributed by atoms with Gasteiger partial charge < -0.3 is 4.74 Å². The molecule has 0 saturated carbocycles. The van der Waals surface area contributed by atoms with Gasteiger partial charge in [-0.25, -0.2) is 17.8 Å². The Morgan fingerprint density at radius 2 is 1.92 bits per heavy atom. The first-order chi connectivity index (χ1) is 11.1. The molecule has 0 bridgehead atoms. The van der Waals surface area contributed by atoms with Gasteiger partial charge in [0, 0.05) is 6.07 Å². The summed E-state index contributed by atoms with van der Waals surface area (Å²) >= 11 is 0. The number of hydrogen-bond donors (Lipinski definition) is 1. The van der Waals surface area contributed by atoms with E-state index in [2.05, 4.69) is 14.4 Å². The molecule has 0 aliphatic heterocycles. The highest BCUT2D eigenvalue weighted by Crippen LogP contribution is 2.21. The Labute approximate surface area is 135 Å². The fraction of sp³-hybridized carbons (Fsp3) is 0.214. The van der Waals surface area contributed by atoms with E-state index in [4.69, 9.17) is 0 Å². The average molecular weight is 364 g/mol. The van der Waals surface area contributed by atoms with Crippen LogP contribution in [0.25, 0.3) is 0 Å². The summed E-state index contributed by atoms with van der Waals surface area (Å²) in [5, 5.41) is 0. The second-order valence-corrected chi connectivity index (χ2v) is 6.49. The lowest BCUT2D eigenvalue weighted by atomic mass is 10.2. The van der Waals surface area contributed by atoms with Crippen LogP contribution >= 0.6 is 0 Å². The zero-order valence-electron chi connectivity index (χ0n) is 12.3. The minimum Gasteiger partial charge on any atom is -0.468 e. The molecule has 1 heterocycles. The summed E-state index contributed by atoms with van der Waals surface area (Å²) in [5.41, 5.74) is 0.289. The predicted octanol–water partition coefficient (Wildman–Crippen LogP) is 3.27. The van der Waals surface area contributed by atoms with Crippen molar-refractivity contribution < 1.29 is 30.7 Å². The fourth-order valence-corrected chi connectivity index (χ4v) is 2.69. The van der Waals surface area contributed by atoms with Crippen LogP contribution in [0.2, 0.25) is 0 Å². The van der Waals surface area contributed by atoms with E-state index in [0.29, 0.717) is 5.56 Å². The number of pyridine rings is 1. The second kappa shape index (κ2) is 6.63. The van der Waals surface area contributed by atoms with Crippen LogP contribution in [0.4, 0.5) is 23.2 Å². The largest absolute Gasteiger partial charge is 0.468 e. The lowest BCUT2D eigenvalue weighted by Crippen LogP contribution is -2.19. The molecule has 1 N–H and O–H groups in total. The third-order valence-electron chi connectivity index (χ3n) is 2.83. The molecule has 2 rings (SSSR count). The molecule has 24 heavy (non-hydrogen) atoms. The maximum Gasteiger partial charge on any atom is 0.422 e. The third kappa shape index (κ3) is 4.82. The van der Waals surface area contributed by atoms with Gasteiger partial charge in [-0.3, -0.25) is 4.72 Å². The zero-order chi connectivity index (χ0) is 18.0. The van der Waals surface area contributed by atoms with Crippen LogP contribution in [0, 0.1) is 12.7 Å². The van der Waals surface area contributed by atoms with Crippen molar-refractivity contribution in [3.05, 3.63) is 47.9 Å². The van der Waals surface area contributed by atoms with Crippen molar-refractivity contribution in [1.82, 2.24) is 4.98 Å². The van der Waals surface area contributed by atoms with E-state index in [1.54, 1.807) is 0 Å². The summed E-state index contributed by atoms with van der Waals surface area (Å²) in [5.74, 6) is -0.983. The number of halogens is 4. The SMILES string of the molecule is Cc1ccc(S(=O)(=O)Nc2ccc(OCC(F)(F)F)nc2)cc1F. The van der Waals surface area contributed by atoms with Crippen molar-refractivity contribution in [2.24, 2.45) is 0 Å². The number of aromatic nitrogens is 1. The number of nitrogens with one attached hydrogen (secondary N) is 1. The van der Waals surface area contributed by atoms with Gasteiger partial charge in [-0.15, -0.1) is 0 Å². The molecule has 130 valence electrons. The smallest absolute Gasteiger partial charge is 0.422 e. The van der Waals surface area contributed by atoms with Gasteiger partial charge in [-0.1, -0.05) is 6.07 Å². The van der Waals surface area contributed by atoms with Crippen LogP contribution in [-0.4, -0.2) is 26.2 Å². The van der Waals surface area contributed by atoms with E-state index in [9.17, 15) is 26.0 Å². The van der Waals surface area contributed by atoms with E-state index in [1.165, 1.54) is 25.1 Å². The molecule has 0 aliphatic carbocycles. The average Bonchev–Trinajstić information content (AvgIpc) is 2.48. The molecule has 5 nitrogen and oxygen atoms in total. The first-order valence-corrected chi connectivity index (χ1v) is 8.00. The second-order valence-electron chi connectivity index (χ2n) is 4.81. The van der Waals surface area contributed by atoms with Crippen molar-refractivity contribution in [3.8, 4) is 5.88 Å². The first-order valence-electron chi connectivity index (χ1n) is 6.51. The van der Waals surface area contributed by atoms with Crippen molar-refractivity contribution in [1.29, 1.82) is 0 Å². The topological polar surface area (TPSA) is 68.3 Å². The zero-order valence-corrected chi connectivity index (χ0v) is 13.1. The van der Waals surface area contributed by atoms with Crippen LogP contribution < -0.4 is 9.46 Å². The summed E-state index contributed by atoms with van der Waals surface area (Å²) in [7, 11) is -4.05. The molecule has 0 radical (unpaired) electrons. The van der Waals surface area contributed by atoms with Crippen molar-refractivity contribution in [3.63, 3.8) is 0 Å². The van der Waals surface area contributed by atoms with Gasteiger partial charge in [0.2, 0.25) is 5.88 Å². The van der Waals surface area contributed by atoms with E-state index in [-0.39, 0.29) is 16.5 Å². The lowest BCUT2D eigenvalue weighted by molar-refractivity contribution is -0.154. The summed E-state index contributed by atoms with van der Waals surface area (Å²) in [6, 6.07) is 5.68. The van der Waals surface area contributed by atoms with Crippen molar-refractivity contribution >= 4 is 15.7 Å². The van der Waals surface area contributed by atoms with Crippen molar-refractivity contribution in [2.75, 3.05) is 11.3 Å². The minimum atomic E-state index is -4.50. The van der Waals surface area contributed by atoms with Gasteiger partial charge in [0.15, 0.2) is 6.61 Å². The predicted molar refractivity (Wildman–Crippen MR) is 77.7 cm³/mol. The standard InChI is InChI=1S/C14H12F4N2O3S/c1-9-2-4-11(6-12(9)15)24(21,22)20-10-3-5-13(19-7-10)23-8-14(16,17)18/h2-7,20H,8H2,1H3. The van der Waals surface area contributed by atoms with Crippen LogP contribution in [-0.2, 0) is 10.0 Å². The normalized spacial score (nSPS) is 12.0. The quantitative estimate of drug-likeness (QED) is 0.827. The summed E-state index contributed by atoms with van der Waals surface area (Å²) in [6.45, 7) is -0.0174. The number of ether oxygens (including phenoxy) is 1. The summed E-state index contributed by atoms with van der Waals surface area (Å²) < 4.78 is 80.3. The van der Waals surface area contributed by atoms with Crippen molar-refractivity contribution in [2.45, 2.75) is 18.0 Å². The Morgan fingerprint density at radius 1 is 1.21 bits per heavy atom. The Balaban J connectivity index is 2.11. The molecular weight excluding hydrogens is 352 g/mol. The highest BCUT2D eigenvalue weighted by molar-refractivity contribution is 7.92. The molecular formula is C14H12F4N2O3S. The molecule has 0 atom stereocenters. The van der Waals surface area contributed by atoms with Crippen LogP contribution in [0.5, 0.6) is 5.88 Å². The molecule has 0 saturated heterocycles. The Hall–Kier alpha value is -2.36. The van der Waals surface area contributed by atoms with Gasteiger partial charge in [0.05, 0.1) is 16.8 Å². The molecule has 2 aromatic rings. The fourth-order valence-electron chi connectivity index (χ4n) is 1.64. The van der Waals surface area contributed by atoms with E-state index >= 15 is 0 Å². The Morgan fingerprint density at radius 3 is 2.46 bits per heavy atom. The van der Waals surface area contributed by atoms with Gasteiger partial charge in [0.1, 0.15) is 5.82 Å². The van der Waals surface area contributed by atoms with E-state index in [0.717, 1.165) is 18.3 Å². The number of aryl methyl sites for hydroxylation is 1. The summed E-state index contributed by atoms with van der Waals surface area (Å²) in [6.07, 6.45) is -3.51. The molecule has 0 amide bonds. The third-order valence-corrected chi connectivity index (χ3v) is 4.20. The first kappa shape index (κ1) is 18.0.